The van der Waals surface area contributed by atoms with Crippen molar-refractivity contribution in [2.45, 2.75) is 64.7 Å². The van der Waals surface area contributed by atoms with Crippen molar-refractivity contribution in [3.8, 4) is 0 Å². The fraction of sp³-hybridized carbons (Fsp3) is 0.444. The standard InChI is InChI=1S/C27H32N6O3/c1-19-25(30-36-29-19)14-27(35)31-17-22-7-3-4-8-26(22)32(20(2)34)13-11-23-9-10-24(18-31)33(23)16-21-6-5-12-28-15-21/h3-8,12,15,23-24H,9-11,13-14,16-18H2,1-2H3. The van der Waals surface area contributed by atoms with Gasteiger partial charge in [0.25, 0.3) is 0 Å². The molecule has 0 radical (unpaired) electrons. The SMILES string of the molecule is CC(=O)N1CCC2CCC(CN(C(=O)Cc3nonc3C)Cc3ccccc31)N2Cc1cccnc1. The van der Waals surface area contributed by atoms with Gasteiger partial charge in [0.1, 0.15) is 11.4 Å². The van der Waals surface area contributed by atoms with Crippen LogP contribution in [0.15, 0.2) is 53.4 Å². The first-order valence-corrected chi connectivity index (χ1v) is 12.6. The molecular weight excluding hydrogens is 456 g/mol. The van der Waals surface area contributed by atoms with Gasteiger partial charge in [-0.2, -0.15) is 0 Å². The number of para-hydroxylation sites is 1. The fourth-order valence-electron chi connectivity index (χ4n) is 5.49. The Balaban J connectivity index is 1.50. The van der Waals surface area contributed by atoms with E-state index in [1.54, 1.807) is 20.0 Å². The maximum atomic E-state index is 13.6. The van der Waals surface area contributed by atoms with Crippen molar-refractivity contribution in [1.29, 1.82) is 0 Å². The van der Waals surface area contributed by atoms with E-state index in [9.17, 15) is 9.59 Å². The Morgan fingerprint density at radius 1 is 1.06 bits per heavy atom. The number of fused-ring (bicyclic) bond motifs is 3. The van der Waals surface area contributed by atoms with E-state index in [2.05, 4.69) is 26.3 Å². The van der Waals surface area contributed by atoms with Crippen molar-refractivity contribution >= 4 is 17.5 Å². The molecule has 1 saturated heterocycles. The van der Waals surface area contributed by atoms with E-state index in [0.717, 1.165) is 42.6 Å². The topological polar surface area (TPSA) is 95.7 Å². The molecule has 5 rings (SSSR count). The molecule has 9 heteroatoms. The lowest BCUT2D eigenvalue weighted by atomic mass is 10.1. The minimum absolute atomic E-state index is 0.0113. The predicted molar refractivity (Wildman–Crippen MR) is 134 cm³/mol. The number of carbonyl (C=O) groups excluding carboxylic acids is 2. The third-order valence-electron chi connectivity index (χ3n) is 7.42. The van der Waals surface area contributed by atoms with Gasteiger partial charge in [0.15, 0.2) is 0 Å². The molecule has 2 bridgehead atoms. The molecule has 0 N–H and O–H groups in total. The second-order valence-electron chi connectivity index (χ2n) is 9.75. The lowest BCUT2D eigenvalue weighted by molar-refractivity contribution is -0.132. The zero-order chi connectivity index (χ0) is 25.1. The van der Waals surface area contributed by atoms with Gasteiger partial charge < -0.3 is 9.80 Å². The molecule has 2 aliphatic heterocycles. The summed E-state index contributed by atoms with van der Waals surface area (Å²) in [6.07, 6.45) is 6.74. The third-order valence-corrected chi connectivity index (χ3v) is 7.42. The zero-order valence-corrected chi connectivity index (χ0v) is 20.8. The molecule has 2 amide bonds. The molecule has 4 heterocycles. The number of hydrogen-bond acceptors (Lipinski definition) is 7. The molecular formula is C27H32N6O3. The van der Waals surface area contributed by atoms with Gasteiger partial charge in [-0.25, -0.2) is 4.63 Å². The minimum Gasteiger partial charge on any atom is -0.336 e. The number of aryl methyl sites for hydroxylation is 1. The number of nitrogens with zero attached hydrogens (tertiary/aromatic N) is 6. The van der Waals surface area contributed by atoms with Crippen molar-refractivity contribution < 1.29 is 14.2 Å². The molecule has 2 atom stereocenters. The van der Waals surface area contributed by atoms with Gasteiger partial charge in [-0.05, 0) is 49.4 Å². The minimum atomic E-state index is -0.0259. The summed E-state index contributed by atoms with van der Waals surface area (Å²) in [6, 6.07) is 12.5. The molecule has 1 fully saturated rings. The van der Waals surface area contributed by atoms with Gasteiger partial charge in [0.2, 0.25) is 11.8 Å². The van der Waals surface area contributed by atoms with E-state index in [0.29, 0.717) is 37.1 Å². The first-order valence-electron chi connectivity index (χ1n) is 12.6. The Morgan fingerprint density at radius 3 is 2.64 bits per heavy atom. The van der Waals surface area contributed by atoms with Crippen molar-refractivity contribution in [2.24, 2.45) is 0 Å². The van der Waals surface area contributed by atoms with Gasteiger partial charge in [-0.1, -0.05) is 34.6 Å². The molecule has 1 aromatic carbocycles. The van der Waals surface area contributed by atoms with Crippen LogP contribution in [0.5, 0.6) is 0 Å². The lowest BCUT2D eigenvalue weighted by Gasteiger charge is -2.33. The molecule has 2 aromatic heterocycles. The highest BCUT2D eigenvalue weighted by atomic mass is 16.6. The number of aromatic nitrogens is 3. The Bertz CT molecular complexity index is 1210. The van der Waals surface area contributed by atoms with E-state index in [-0.39, 0.29) is 24.3 Å². The van der Waals surface area contributed by atoms with Crippen LogP contribution in [0.3, 0.4) is 0 Å². The van der Waals surface area contributed by atoms with Gasteiger partial charge in [0, 0.05) is 63.3 Å². The van der Waals surface area contributed by atoms with Crippen LogP contribution in [-0.2, 0) is 29.1 Å². The van der Waals surface area contributed by atoms with Crippen LogP contribution >= 0.6 is 0 Å². The summed E-state index contributed by atoms with van der Waals surface area (Å²) in [5.74, 6) is -0.0146. The number of hydrogen-bond donors (Lipinski definition) is 0. The molecule has 2 unspecified atom stereocenters. The number of anilines is 1. The summed E-state index contributed by atoms with van der Waals surface area (Å²) in [5.41, 5.74) is 4.18. The molecule has 0 spiro atoms. The van der Waals surface area contributed by atoms with Crippen molar-refractivity contribution in [1.82, 2.24) is 25.1 Å². The Kier molecular flexibility index (Phi) is 7.09. The lowest BCUT2D eigenvalue weighted by Crippen LogP contribution is -2.45. The number of amides is 2. The van der Waals surface area contributed by atoms with E-state index in [4.69, 9.17) is 4.63 Å². The molecule has 9 nitrogen and oxygen atoms in total. The van der Waals surface area contributed by atoms with Gasteiger partial charge in [0.05, 0.1) is 6.42 Å². The molecule has 2 aliphatic rings. The summed E-state index contributed by atoms with van der Waals surface area (Å²) in [5, 5.41) is 7.77. The normalized spacial score (nSPS) is 20.6. The summed E-state index contributed by atoms with van der Waals surface area (Å²) in [6.45, 7) is 5.85. The Labute approximate surface area is 211 Å². The number of pyridine rings is 1. The number of rotatable bonds is 4. The van der Waals surface area contributed by atoms with Crippen LogP contribution in [0.2, 0.25) is 0 Å². The number of carbonyl (C=O) groups is 2. The molecule has 3 aromatic rings. The Morgan fingerprint density at radius 2 is 1.89 bits per heavy atom. The highest BCUT2D eigenvalue weighted by molar-refractivity contribution is 5.92. The van der Waals surface area contributed by atoms with Crippen LogP contribution in [0.4, 0.5) is 5.69 Å². The van der Waals surface area contributed by atoms with Crippen LogP contribution in [0.25, 0.3) is 0 Å². The highest BCUT2D eigenvalue weighted by Crippen LogP contribution is 2.32. The van der Waals surface area contributed by atoms with E-state index >= 15 is 0 Å². The summed E-state index contributed by atoms with van der Waals surface area (Å²) >= 11 is 0. The summed E-state index contributed by atoms with van der Waals surface area (Å²) in [7, 11) is 0. The average Bonchev–Trinajstić information content (AvgIpc) is 3.44. The predicted octanol–water partition coefficient (Wildman–Crippen LogP) is 3.13. The molecule has 0 aliphatic carbocycles. The van der Waals surface area contributed by atoms with Crippen molar-refractivity contribution in [2.75, 3.05) is 18.0 Å². The maximum Gasteiger partial charge on any atom is 0.229 e. The van der Waals surface area contributed by atoms with Crippen LogP contribution in [0, 0.1) is 6.92 Å². The van der Waals surface area contributed by atoms with Gasteiger partial charge in [-0.15, -0.1) is 0 Å². The van der Waals surface area contributed by atoms with E-state index in [1.807, 2.05) is 46.3 Å². The Hall–Kier alpha value is -3.59. The quantitative estimate of drug-likeness (QED) is 0.557. The fourth-order valence-corrected chi connectivity index (χ4v) is 5.49. The first kappa shape index (κ1) is 24.1. The second kappa shape index (κ2) is 10.6. The van der Waals surface area contributed by atoms with Crippen LogP contribution < -0.4 is 4.90 Å². The monoisotopic (exact) mass is 488 g/mol. The van der Waals surface area contributed by atoms with Gasteiger partial charge >= 0.3 is 0 Å². The maximum absolute atomic E-state index is 13.6. The van der Waals surface area contributed by atoms with Crippen molar-refractivity contribution in [3.63, 3.8) is 0 Å². The zero-order valence-electron chi connectivity index (χ0n) is 20.8. The first-order chi connectivity index (χ1) is 17.5. The molecule has 0 saturated carbocycles. The van der Waals surface area contributed by atoms with Gasteiger partial charge in [-0.3, -0.25) is 19.5 Å². The van der Waals surface area contributed by atoms with Crippen LogP contribution in [-0.4, -0.2) is 62.1 Å². The van der Waals surface area contributed by atoms with Crippen molar-refractivity contribution in [3.05, 3.63) is 71.3 Å². The smallest absolute Gasteiger partial charge is 0.229 e. The van der Waals surface area contributed by atoms with E-state index in [1.165, 1.54) is 0 Å². The van der Waals surface area contributed by atoms with Crippen LogP contribution in [0.1, 0.15) is 48.7 Å². The third kappa shape index (κ3) is 5.16. The second-order valence-corrected chi connectivity index (χ2v) is 9.75. The summed E-state index contributed by atoms with van der Waals surface area (Å²) < 4.78 is 4.83. The van der Waals surface area contributed by atoms with E-state index < -0.39 is 0 Å². The summed E-state index contributed by atoms with van der Waals surface area (Å²) in [4.78, 5) is 37.0. The average molecular weight is 489 g/mol. The number of benzene rings is 1. The highest BCUT2D eigenvalue weighted by Gasteiger charge is 2.36. The molecule has 36 heavy (non-hydrogen) atoms. The molecule has 188 valence electrons. The largest absolute Gasteiger partial charge is 0.336 e.